The number of anilines is 1. The molecule has 0 radical (unpaired) electrons. The fraction of sp³-hybridized carbons (Fsp3) is 0.651. The summed E-state index contributed by atoms with van der Waals surface area (Å²) in [7, 11) is -2.09. The molecule has 0 unspecified atom stereocenters. The van der Waals surface area contributed by atoms with Gasteiger partial charge in [0.25, 0.3) is 5.91 Å². The Kier molecular flexibility index (Phi) is 12.6. The van der Waals surface area contributed by atoms with Crippen molar-refractivity contribution in [3.05, 3.63) is 70.3 Å². The van der Waals surface area contributed by atoms with Crippen LogP contribution in [0.5, 0.6) is 5.75 Å². The van der Waals surface area contributed by atoms with Crippen molar-refractivity contribution in [2.75, 3.05) is 70.9 Å². The largest absolute Gasteiger partial charge is 0.487 e. The molecule has 1 aliphatic carbocycles. The van der Waals surface area contributed by atoms with E-state index in [1.807, 2.05) is 44.4 Å². The summed E-state index contributed by atoms with van der Waals surface area (Å²) in [4.78, 5) is 24.0. The highest BCUT2D eigenvalue weighted by molar-refractivity contribution is 7.90. The first-order valence-electron chi connectivity index (χ1n) is 20.6. The van der Waals surface area contributed by atoms with Crippen LogP contribution in [0.2, 0.25) is 5.02 Å². The van der Waals surface area contributed by atoms with E-state index in [4.69, 9.17) is 21.1 Å². The normalized spacial score (nSPS) is 31.8. The molecular formula is C43H62ClN5O5S. The minimum absolute atomic E-state index is 0.219. The van der Waals surface area contributed by atoms with Crippen LogP contribution in [-0.4, -0.2) is 118 Å². The van der Waals surface area contributed by atoms with E-state index in [0.29, 0.717) is 42.3 Å². The molecule has 302 valence electrons. The number of amides is 1. The number of fused-ring (bicyclic) bond motifs is 4. The van der Waals surface area contributed by atoms with E-state index in [1.165, 1.54) is 5.56 Å². The zero-order chi connectivity index (χ0) is 38.9. The number of allylic oxidation sites excluding steroid dienone is 1. The van der Waals surface area contributed by atoms with Crippen LogP contribution in [0.25, 0.3) is 0 Å². The zero-order valence-corrected chi connectivity index (χ0v) is 35.1. The minimum Gasteiger partial charge on any atom is -0.487 e. The third-order valence-corrected chi connectivity index (χ3v) is 15.7. The molecule has 10 nitrogen and oxygen atoms in total. The first-order chi connectivity index (χ1) is 26.4. The number of nitrogens with one attached hydrogen (secondary N) is 1. The lowest BCUT2D eigenvalue weighted by Gasteiger charge is -2.53. The summed E-state index contributed by atoms with van der Waals surface area (Å²) in [6.07, 6.45) is 9.97. The van der Waals surface area contributed by atoms with Crippen LogP contribution in [0.4, 0.5) is 5.69 Å². The number of hydrogen-bond donors (Lipinski definition) is 1. The number of nitrogens with zero attached hydrogens (tertiary/aromatic N) is 4. The smallest absolute Gasteiger partial charge is 0.264 e. The second kappa shape index (κ2) is 17.0. The average molecular weight is 797 g/mol. The number of carbonyl (C=O) groups is 1. The van der Waals surface area contributed by atoms with Crippen LogP contribution >= 0.6 is 11.6 Å². The Hall–Kier alpha value is -2.67. The van der Waals surface area contributed by atoms with Crippen molar-refractivity contribution in [3.8, 4) is 5.75 Å². The number of sulfonamides is 1. The number of methoxy groups -OCH3 is 1. The Labute approximate surface area is 334 Å². The molecule has 1 saturated carbocycles. The summed E-state index contributed by atoms with van der Waals surface area (Å²) < 4.78 is 43.1. The van der Waals surface area contributed by atoms with Gasteiger partial charge in [-0.15, -0.1) is 0 Å². The SMILES string of the molecule is CO[C@@]1(CN2CCN3CCN(C(C)C)C[C@@H]3C2)/C=C/C[C@H](C)[C@@H](C)S(=O)(=O)NC(=O)c2ccc3c(c2)N(CCCCc2cc(Cl)ccc2CO3)C[C@@H]2CC[C@H]21. The Bertz CT molecular complexity index is 1820. The van der Waals surface area contributed by atoms with E-state index in [-0.39, 0.29) is 11.8 Å². The van der Waals surface area contributed by atoms with Crippen molar-refractivity contribution < 1.29 is 22.7 Å². The van der Waals surface area contributed by atoms with E-state index in [0.717, 1.165) is 107 Å². The highest BCUT2D eigenvalue weighted by Gasteiger charge is 2.49. The fourth-order valence-corrected chi connectivity index (χ4v) is 11.1. The third-order valence-electron chi connectivity index (χ3n) is 13.6. The van der Waals surface area contributed by atoms with Crippen molar-refractivity contribution in [1.29, 1.82) is 0 Å². The second-order valence-corrected chi connectivity index (χ2v) is 19.7. The molecule has 2 bridgehead atoms. The lowest BCUT2D eigenvalue weighted by atomic mass is 9.63. The highest BCUT2D eigenvalue weighted by atomic mass is 35.5. The maximum Gasteiger partial charge on any atom is 0.264 e. The van der Waals surface area contributed by atoms with Gasteiger partial charge in [0.15, 0.2) is 0 Å². The molecule has 0 spiro atoms. The van der Waals surface area contributed by atoms with Gasteiger partial charge in [0.1, 0.15) is 18.0 Å². The monoisotopic (exact) mass is 795 g/mol. The van der Waals surface area contributed by atoms with E-state index in [9.17, 15) is 13.2 Å². The number of hydrogen-bond acceptors (Lipinski definition) is 9. The van der Waals surface area contributed by atoms with Crippen LogP contribution in [0.3, 0.4) is 0 Å². The number of benzene rings is 2. The summed E-state index contributed by atoms with van der Waals surface area (Å²) in [5.74, 6) is 0.472. The van der Waals surface area contributed by atoms with E-state index in [1.54, 1.807) is 13.0 Å². The van der Waals surface area contributed by atoms with Crippen LogP contribution in [0.15, 0.2) is 48.6 Å². The molecule has 12 heteroatoms. The molecule has 0 aromatic heterocycles. The zero-order valence-electron chi connectivity index (χ0n) is 33.5. The van der Waals surface area contributed by atoms with Crippen LogP contribution in [-0.2, 0) is 27.8 Å². The number of carbonyl (C=O) groups excluding carboxylic acids is 1. The molecule has 4 aliphatic heterocycles. The minimum atomic E-state index is -3.96. The Morgan fingerprint density at radius 3 is 2.56 bits per heavy atom. The van der Waals surface area contributed by atoms with Crippen LogP contribution < -0.4 is 14.4 Å². The van der Waals surface area contributed by atoms with E-state index < -0.39 is 26.8 Å². The van der Waals surface area contributed by atoms with Crippen LogP contribution in [0, 0.1) is 17.8 Å². The van der Waals surface area contributed by atoms with Gasteiger partial charge in [0, 0.05) is 88.7 Å². The summed E-state index contributed by atoms with van der Waals surface area (Å²) in [5.41, 5.74) is 2.89. The van der Waals surface area contributed by atoms with Gasteiger partial charge in [-0.1, -0.05) is 36.7 Å². The molecular weight excluding hydrogens is 734 g/mol. The van der Waals surface area contributed by atoms with Gasteiger partial charge in [0.05, 0.1) is 10.9 Å². The maximum atomic E-state index is 13.7. The van der Waals surface area contributed by atoms with E-state index in [2.05, 4.69) is 50.3 Å². The number of halogens is 1. The van der Waals surface area contributed by atoms with Gasteiger partial charge >= 0.3 is 0 Å². The second-order valence-electron chi connectivity index (χ2n) is 17.2. The van der Waals surface area contributed by atoms with Gasteiger partial charge in [-0.05, 0) is 119 Å². The van der Waals surface area contributed by atoms with Crippen molar-refractivity contribution >= 4 is 33.2 Å². The molecule has 55 heavy (non-hydrogen) atoms. The Morgan fingerprint density at radius 1 is 0.982 bits per heavy atom. The molecule has 2 aromatic carbocycles. The highest BCUT2D eigenvalue weighted by Crippen LogP contribution is 2.47. The first-order valence-corrected chi connectivity index (χ1v) is 22.6. The van der Waals surface area contributed by atoms with Gasteiger partial charge in [-0.25, -0.2) is 13.1 Å². The van der Waals surface area contributed by atoms with Gasteiger partial charge in [-0.3, -0.25) is 19.5 Å². The molecule has 4 heterocycles. The summed E-state index contributed by atoms with van der Waals surface area (Å²) in [6.45, 7) is 17.4. The Morgan fingerprint density at radius 2 is 1.80 bits per heavy atom. The lowest BCUT2D eigenvalue weighted by molar-refractivity contribution is -0.102. The molecule has 1 amide bonds. The standard InChI is InChI=1S/C43H62ClN5O5S/c1-30(2)48-22-21-47-20-19-46(26-38(47)27-48)29-43(53-5)17-8-9-31(3)32(4)55(51,52)45-42(50)34-13-16-41-40(24-34)49(25-35-12-15-39(35)43)18-7-6-10-33-23-37(44)14-11-36(33)28-54-41/h8,11,13-14,16-17,23-24,30-32,35,38-39H,6-7,9-10,12,15,18-22,25-29H2,1-5H3,(H,45,50)/b17-8+/t31-,32+,35-,38-,39+,43+/m0/s1. The number of piperazine rings is 2. The number of rotatable bonds is 4. The maximum absolute atomic E-state index is 13.7. The molecule has 1 N–H and O–H groups in total. The van der Waals surface area contributed by atoms with Gasteiger partial charge in [0.2, 0.25) is 10.0 Å². The third kappa shape index (κ3) is 8.92. The molecule has 7 rings (SSSR count). The average Bonchev–Trinajstić information content (AvgIpc) is 3.18. The van der Waals surface area contributed by atoms with Crippen molar-refractivity contribution in [2.24, 2.45) is 17.8 Å². The van der Waals surface area contributed by atoms with Crippen LogP contribution in [0.1, 0.15) is 81.3 Å². The van der Waals surface area contributed by atoms with Gasteiger partial charge < -0.3 is 14.4 Å². The molecule has 5 aliphatic rings. The summed E-state index contributed by atoms with van der Waals surface area (Å²) >= 11 is 6.43. The number of aryl methyl sites for hydroxylation is 1. The van der Waals surface area contributed by atoms with Crippen molar-refractivity contribution in [2.45, 2.75) is 95.8 Å². The van der Waals surface area contributed by atoms with E-state index >= 15 is 0 Å². The van der Waals surface area contributed by atoms with Crippen molar-refractivity contribution in [1.82, 2.24) is 19.4 Å². The first kappa shape index (κ1) is 40.5. The molecule has 2 aromatic rings. The topological polar surface area (TPSA) is 94.7 Å². The molecule has 2 saturated heterocycles. The predicted octanol–water partition coefficient (Wildman–Crippen LogP) is 6.23. The predicted molar refractivity (Wildman–Crippen MR) is 221 cm³/mol. The Balaban J connectivity index is 1.23. The summed E-state index contributed by atoms with van der Waals surface area (Å²) in [6, 6.07) is 12.4. The number of ether oxygens (including phenoxy) is 2. The summed E-state index contributed by atoms with van der Waals surface area (Å²) in [5, 5.41) is -0.0572. The van der Waals surface area contributed by atoms with Gasteiger partial charge in [-0.2, -0.15) is 0 Å². The molecule has 6 atom stereocenters. The fourth-order valence-electron chi connectivity index (χ4n) is 9.64. The quantitative estimate of drug-likeness (QED) is 0.362. The molecule has 3 fully saturated rings. The lowest BCUT2D eigenvalue weighted by Crippen LogP contribution is -2.65. The van der Waals surface area contributed by atoms with Crippen molar-refractivity contribution in [3.63, 3.8) is 0 Å².